The minimum atomic E-state index is -0.559. The number of benzene rings is 1. The number of nitrogens with zero attached hydrogens (tertiary/aromatic N) is 2. The Morgan fingerprint density at radius 1 is 1.44 bits per heavy atom. The maximum absolute atomic E-state index is 14.2. The highest BCUT2D eigenvalue weighted by Crippen LogP contribution is 2.53. The fourth-order valence-electron chi connectivity index (χ4n) is 3.61. The highest BCUT2D eigenvalue weighted by molar-refractivity contribution is 5.78. The van der Waals surface area contributed by atoms with Gasteiger partial charge >= 0.3 is 6.09 Å². The molecule has 2 aromatic rings. The number of amides is 1. The summed E-state index contributed by atoms with van der Waals surface area (Å²) in [4.78, 5) is 21.9. The first kappa shape index (κ1) is 15.9. The number of halogens is 1. The quantitative estimate of drug-likeness (QED) is 0.804. The molecule has 6 heteroatoms. The van der Waals surface area contributed by atoms with Crippen molar-refractivity contribution in [3.63, 3.8) is 0 Å². The number of terminal acetylenes is 1. The van der Waals surface area contributed by atoms with E-state index in [4.69, 9.17) is 11.2 Å². The van der Waals surface area contributed by atoms with E-state index in [9.17, 15) is 9.18 Å². The fraction of sp³-hybridized carbons (Fsp3) is 0.474. The molecule has 0 radical (unpaired) electrons. The fourth-order valence-corrected chi connectivity index (χ4v) is 3.61. The maximum Gasteiger partial charge on any atom is 0.411 e. The monoisotopic (exact) mass is 341 g/mol. The van der Waals surface area contributed by atoms with Crippen LogP contribution in [0.4, 0.5) is 9.18 Å². The Labute approximate surface area is 145 Å². The van der Waals surface area contributed by atoms with Crippen LogP contribution in [0.5, 0.6) is 0 Å². The lowest BCUT2D eigenvalue weighted by Gasteiger charge is -2.29. The molecule has 1 aliphatic carbocycles. The summed E-state index contributed by atoms with van der Waals surface area (Å²) in [6.45, 7) is 5.54. The van der Waals surface area contributed by atoms with E-state index in [-0.39, 0.29) is 18.2 Å². The summed E-state index contributed by atoms with van der Waals surface area (Å²) < 4.78 is 19.8. The summed E-state index contributed by atoms with van der Waals surface area (Å²) in [6.07, 6.45) is 6.82. The number of piperidine rings is 1. The average Bonchev–Trinajstić information content (AvgIpc) is 2.98. The summed E-state index contributed by atoms with van der Waals surface area (Å²) in [6, 6.07) is 2.95. The van der Waals surface area contributed by atoms with Crippen LogP contribution in [0.3, 0.4) is 0 Å². The summed E-state index contributed by atoms with van der Waals surface area (Å²) in [5, 5.41) is 0. The summed E-state index contributed by atoms with van der Waals surface area (Å²) in [5.41, 5.74) is 0.684. The topological polar surface area (TPSA) is 58.2 Å². The Hall–Kier alpha value is -2.55. The Balaban J connectivity index is 1.69. The Morgan fingerprint density at radius 2 is 2.20 bits per heavy atom. The highest BCUT2D eigenvalue weighted by Gasteiger charge is 2.56. The molecule has 4 rings (SSSR count). The minimum absolute atomic E-state index is 0.194. The summed E-state index contributed by atoms with van der Waals surface area (Å²) in [5.74, 6) is 3.05. The number of carbonyl (C=O) groups excluding carboxylic acids is 1. The van der Waals surface area contributed by atoms with Crippen molar-refractivity contribution in [2.45, 2.75) is 51.3 Å². The number of likely N-dealkylation sites (tertiary alicyclic amines) is 1. The molecular formula is C19H20FN3O2. The molecule has 2 aliphatic rings. The second-order valence-corrected chi connectivity index (χ2v) is 7.82. The Morgan fingerprint density at radius 3 is 2.88 bits per heavy atom. The van der Waals surface area contributed by atoms with E-state index in [1.165, 1.54) is 6.07 Å². The standard InChI is InChI=1S/C19H20FN3O2/c1-5-10-6-12(20)16-13(7-10)21-17(22-16)15-9-11-8-14(11)23(15)18(24)25-19(2,3)4/h1,6-7,11,14-15H,8-9H2,2-4H3,(H,21,22)/t11-,14?,15-/m0/s1. The number of aromatic amines is 1. The first-order valence-electron chi connectivity index (χ1n) is 8.44. The molecular weight excluding hydrogens is 321 g/mol. The van der Waals surface area contributed by atoms with E-state index in [1.807, 2.05) is 20.8 Å². The molecule has 0 bridgehead atoms. The Kier molecular flexibility index (Phi) is 3.33. The third-order valence-electron chi connectivity index (χ3n) is 4.75. The van der Waals surface area contributed by atoms with Crippen molar-refractivity contribution in [1.82, 2.24) is 14.9 Å². The SMILES string of the molecule is C#Cc1cc(F)c2[nH]c([C@@H]3C[C@@H]4CC4N3C(=O)OC(C)(C)C)nc2c1. The molecule has 1 N–H and O–H groups in total. The molecule has 25 heavy (non-hydrogen) atoms. The van der Waals surface area contributed by atoms with E-state index in [0.29, 0.717) is 28.3 Å². The van der Waals surface area contributed by atoms with Crippen LogP contribution in [0.15, 0.2) is 12.1 Å². The van der Waals surface area contributed by atoms with Gasteiger partial charge < -0.3 is 9.72 Å². The third-order valence-corrected chi connectivity index (χ3v) is 4.75. The number of rotatable bonds is 1. The zero-order valence-corrected chi connectivity index (χ0v) is 14.5. The van der Waals surface area contributed by atoms with Crippen molar-refractivity contribution in [3.8, 4) is 12.3 Å². The molecule has 0 spiro atoms. The molecule has 1 aliphatic heterocycles. The van der Waals surface area contributed by atoms with Crippen LogP contribution in [0.25, 0.3) is 11.0 Å². The van der Waals surface area contributed by atoms with Gasteiger partial charge in [-0.25, -0.2) is 14.2 Å². The number of hydrogen-bond donors (Lipinski definition) is 1. The second-order valence-electron chi connectivity index (χ2n) is 7.82. The van der Waals surface area contributed by atoms with Gasteiger partial charge in [-0.05, 0) is 51.7 Å². The van der Waals surface area contributed by atoms with Crippen LogP contribution in [-0.4, -0.2) is 32.6 Å². The zero-order valence-electron chi connectivity index (χ0n) is 14.5. The number of imidazole rings is 1. The number of fused-ring (bicyclic) bond motifs is 2. The average molecular weight is 341 g/mol. The Bertz CT molecular complexity index is 906. The normalized spacial score (nSPS) is 24.9. The van der Waals surface area contributed by atoms with Crippen LogP contribution in [0.1, 0.15) is 51.0 Å². The van der Waals surface area contributed by atoms with Gasteiger partial charge in [0.2, 0.25) is 0 Å². The molecule has 3 atom stereocenters. The molecule has 2 heterocycles. The maximum atomic E-state index is 14.2. The van der Waals surface area contributed by atoms with E-state index < -0.39 is 11.4 Å². The van der Waals surface area contributed by atoms with E-state index >= 15 is 0 Å². The number of hydrogen-bond acceptors (Lipinski definition) is 3. The number of H-pyrrole nitrogens is 1. The number of aromatic nitrogens is 2. The van der Waals surface area contributed by atoms with Crippen molar-refractivity contribution >= 4 is 17.1 Å². The molecule has 1 saturated carbocycles. The van der Waals surface area contributed by atoms with Crippen molar-refractivity contribution in [3.05, 3.63) is 29.3 Å². The van der Waals surface area contributed by atoms with Gasteiger partial charge in [0.1, 0.15) is 22.8 Å². The van der Waals surface area contributed by atoms with E-state index in [2.05, 4.69) is 15.9 Å². The number of ether oxygens (including phenoxy) is 1. The van der Waals surface area contributed by atoms with Crippen LogP contribution in [-0.2, 0) is 4.74 Å². The molecule has 1 amide bonds. The van der Waals surface area contributed by atoms with Crippen molar-refractivity contribution < 1.29 is 13.9 Å². The van der Waals surface area contributed by atoms with Gasteiger partial charge in [0.25, 0.3) is 0 Å². The van der Waals surface area contributed by atoms with Crippen LogP contribution < -0.4 is 0 Å². The smallest absolute Gasteiger partial charge is 0.411 e. The van der Waals surface area contributed by atoms with Crippen LogP contribution in [0.2, 0.25) is 0 Å². The van der Waals surface area contributed by atoms with E-state index in [1.54, 1.807) is 11.0 Å². The molecule has 1 aromatic heterocycles. The van der Waals surface area contributed by atoms with Gasteiger partial charge in [0.05, 0.1) is 11.6 Å². The van der Waals surface area contributed by atoms with Gasteiger partial charge in [0, 0.05) is 11.6 Å². The predicted octanol–water partition coefficient (Wildman–Crippen LogP) is 3.75. The molecule has 130 valence electrons. The van der Waals surface area contributed by atoms with Crippen molar-refractivity contribution in [2.24, 2.45) is 5.92 Å². The van der Waals surface area contributed by atoms with Gasteiger partial charge in [-0.3, -0.25) is 4.90 Å². The molecule has 5 nitrogen and oxygen atoms in total. The second kappa shape index (κ2) is 5.22. The lowest BCUT2D eigenvalue weighted by atomic mass is 10.1. The third kappa shape index (κ3) is 2.74. The van der Waals surface area contributed by atoms with Gasteiger partial charge in [-0.2, -0.15) is 0 Å². The molecule has 2 fully saturated rings. The lowest BCUT2D eigenvalue weighted by molar-refractivity contribution is 0.0175. The number of nitrogens with one attached hydrogen (secondary N) is 1. The lowest BCUT2D eigenvalue weighted by Crippen LogP contribution is -2.38. The van der Waals surface area contributed by atoms with Crippen molar-refractivity contribution in [2.75, 3.05) is 0 Å². The highest BCUT2D eigenvalue weighted by atomic mass is 19.1. The predicted molar refractivity (Wildman–Crippen MR) is 91.3 cm³/mol. The van der Waals surface area contributed by atoms with E-state index in [0.717, 1.165) is 12.8 Å². The van der Waals surface area contributed by atoms with Gasteiger partial charge in [-0.15, -0.1) is 6.42 Å². The first-order chi connectivity index (χ1) is 11.8. The largest absolute Gasteiger partial charge is 0.444 e. The molecule has 1 unspecified atom stereocenters. The van der Waals surface area contributed by atoms with Gasteiger partial charge in [-0.1, -0.05) is 5.92 Å². The van der Waals surface area contributed by atoms with Crippen LogP contribution >= 0.6 is 0 Å². The molecule has 1 saturated heterocycles. The zero-order chi connectivity index (χ0) is 17.9. The summed E-state index contributed by atoms with van der Waals surface area (Å²) in [7, 11) is 0. The minimum Gasteiger partial charge on any atom is -0.444 e. The summed E-state index contributed by atoms with van der Waals surface area (Å²) >= 11 is 0. The van der Waals surface area contributed by atoms with Gasteiger partial charge in [0.15, 0.2) is 0 Å². The first-order valence-corrected chi connectivity index (χ1v) is 8.44. The molecule has 1 aromatic carbocycles. The van der Waals surface area contributed by atoms with Crippen molar-refractivity contribution in [1.29, 1.82) is 0 Å². The number of carbonyl (C=O) groups is 1. The van der Waals surface area contributed by atoms with Crippen LogP contribution in [0, 0.1) is 24.1 Å².